The first-order valence-electron chi connectivity index (χ1n) is 19.3. The zero-order chi connectivity index (χ0) is 33.7. The van der Waals surface area contributed by atoms with Crippen molar-refractivity contribution in [2.24, 2.45) is 50.7 Å². The van der Waals surface area contributed by atoms with E-state index in [-0.39, 0.29) is 54.4 Å². The number of amides is 2. The van der Waals surface area contributed by atoms with Crippen LogP contribution in [0.15, 0.2) is 24.3 Å². The Morgan fingerprint density at radius 3 is 2.60 bits per heavy atom. The average Bonchev–Trinajstić information content (AvgIpc) is 3.76. The lowest BCUT2D eigenvalue weighted by Crippen LogP contribution is -2.52. The van der Waals surface area contributed by atoms with E-state index in [4.69, 9.17) is 4.74 Å². The summed E-state index contributed by atoms with van der Waals surface area (Å²) in [5.74, 6) is 2.85. The van der Waals surface area contributed by atoms with Gasteiger partial charge in [0, 0.05) is 25.1 Å². The molecule has 1 saturated heterocycles. The largest absolute Gasteiger partial charge is 0.393 e. The summed E-state index contributed by atoms with van der Waals surface area (Å²) in [5.41, 5.74) is 2.60. The van der Waals surface area contributed by atoms with Crippen LogP contribution in [0.4, 0.5) is 0 Å². The first kappa shape index (κ1) is 33.2. The summed E-state index contributed by atoms with van der Waals surface area (Å²) in [4.78, 5) is 27.3. The number of carbonyl (C=O) groups is 2. The van der Waals surface area contributed by atoms with Gasteiger partial charge in [-0.3, -0.25) is 9.59 Å². The molecule has 5 N–H and O–H groups in total. The van der Waals surface area contributed by atoms with Gasteiger partial charge in [-0.05, 0) is 127 Å². The highest BCUT2D eigenvalue weighted by atomic mass is 16.5. The molecule has 2 amide bonds. The van der Waals surface area contributed by atoms with Crippen molar-refractivity contribution in [3.05, 3.63) is 35.4 Å². The van der Waals surface area contributed by atoms with Crippen molar-refractivity contribution in [3.63, 3.8) is 0 Å². The standard InChI is InChI=1S/C40H58N2O6/c1-4-13-37(35(47)41-17-12-24-7-5-8-25(18-24)34(46)42-21-26-19-28(43)29(44)22-48-26)14-6-9-31(37)39-20-27-33-38(39,23-39)15-10-30-36(2,3)32(45)11-16-40(27,30)33/h5,7-8,18,26-33,43-45H,4,6,9-17,19-23H2,1-3H3,(H,41,47)(H,42,46). The molecule has 8 heteroatoms. The quantitative estimate of drug-likeness (QED) is 0.246. The molecular weight excluding hydrogens is 604 g/mol. The molecule has 2 spiro atoms. The molecule has 7 aliphatic rings. The first-order chi connectivity index (χ1) is 22.9. The normalized spacial score (nSPS) is 46.2. The Hall–Kier alpha value is -2.00. The number of nitrogens with one attached hydrogen (secondary N) is 2. The van der Waals surface area contributed by atoms with E-state index in [1.54, 1.807) is 6.07 Å². The SMILES string of the molecule is CCCC1(C(=O)NCCc2cccc(C(=O)NCC3CC(O)C(O)CO3)c2)CCCC1C12CC3C4C35CCC(O)C(C)(C)C5CCC41C2. The third-order valence-corrected chi connectivity index (χ3v) is 15.8. The first-order valence-corrected chi connectivity index (χ1v) is 19.3. The van der Waals surface area contributed by atoms with E-state index in [0.29, 0.717) is 46.6 Å². The summed E-state index contributed by atoms with van der Waals surface area (Å²) in [7, 11) is 0. The van der Waals surface area contributed by atoms with Crippen LogP contribution in [-0.2, 0) is 16.0 Å². The van der Waals surface area contributed by atoms with Crippen molar-refractivity contribution in [3.8, 4) is 0 Å². The van der Waals surface area contributed by atoms with Crippen LogP contribution in [0.5, 0.6) is 0 Å². The van der Waals surface area contributed by atoms with E-state index in [2.05, 4.69) is 31.4 Å². The van der Waals surface area contributed by atoms with Crippen molar-refractivity contribution in [1.29, 1.82) is 0 Å². The second-order valence-corrected chi connectivity index (χ2v) is 17.9. The summed E-state index contributed by atoms with van der Waals surface area (Å²) < 4.78 is 5.55. The number of hydrogen-bond acceptors (Lipinski definition) is 6. The number of rotatable bonds is 10. The minimum absolute atomic E-state index is 0.0178. The van der Waals surface area contributed by atoms with Gasteiger partial charge in [0.15, 0.2) is 0 Å². The summed E-state index contributed by atoms with van der Waals surface area (Å²) in [6.45, 7) is 7.82. The lowest BCUT2D eigenvalue weighted by molar-refractivity contribution is -0.137. The predicted octanol–water partition coefficient (Wildman–Crippen LogP) is 4.78. The van der Waals surface area contributed by atoms with Gasteiger partial charge in [0.2, 0.25) is 5.91 Å². The van der Waals surface area contributed by atoms with Gasteiger partial charge < -0.3 is 30.7 Å². The van der Waals surface area contributed by atoms with E-state index in [1.807, 2.05) is 18.2 Å². The fourth-order valence-corrected chi connectivity index (χ4v) is 13.8. The molecule has 8 nitrogen and oxygen atoms in total. The molecule has 0 radical (unpaired) electrons. The van der Waals surface area contributed by atoms with Gasteiger partial charge in [-0.1, -0.05) is 45.7 Å². The van der Waals surface area contributed by atoms with Crippen LogP contribution in [0.25, 0.3) is 0 Å². The lowest BCUT2D eigenvalue weighted by Gasteiger charge is -2.54. The van der Waals surface area contributed by atoms with Crippen molar-refractivity contribution < 1.29 is 29.6 Å². The Bertz CT molecular complexity index is 1450. The van der Waals surface area contributed by atoms with Crippen LogP contribution in [0.1, 0.15) is 114 Å². The molecular formula is C40H58N2O6. The molecule has 1 aromatic rings. The Kier molecular flexibility index (Phi) is 7.95. The monoisotopic (exact) mass is 662 g/mol. The van der Waals surface area contributed by atoms with Crippen molar-refractivity contribution in [2.75, 3.05) is 19.7 Å². The molecule has 0 aromatic heterocycles. The fraction of sp³-hybridized carbons (Fsp3) is 0.800. The molecule has 264 valence electrons. The molecule has 12 unspecified atom stereocenters. The Balaban J connectivity index is 0.907. The van der Waals surface area contributed by atoms with Crippen LogP contribution in [0.2, 0.25) is 0 Å². The fourth-order valence-electron chi connectivity index (χ4n) is 13.8. The van der Waals surface area contributed by atoms with Crippen molar-refractivity contribution in [2.45, 2.75) is 129 Å². The minimum atomic E-state index is -0.878. The third kappa shape index (κ3) is 4.60. The van der Waals surface area contributed by atoms with Crippen LogP contribution < -0.4 is 10.6 Å². The molecule has 48 heavy (non-hydrogen) atoms. The Morgan fingerprint density at radius 2 is 1.81 bits per heavy atom. The van der Waals surface area contributed by atoms with E-state index in [9.17, 15) is 24.9 Å². The van der Waals surface area contributed by atoms with Gasteiger partial charge >= 0.3 is 0 Å². The van der Waals surface area contributed by atoms with Gasteiger partial charge in [0.25, 0.3) is 5.91 Å². The summed E-state index contributed by atoms with van der Waals surface area (Å²) in [6.07, 6.45) is 11.5. The zero-order valence-corrected chi connectivity index (χ0v) is 29.3. The number of hydrogen-bond donors (Lipinski definition) is 5. The third-order valence-electron chi connectivity index (χ3n) is 15.8. The smallest absolute Gasteiger partial charge is 0.251 e. The molecule has 6 saturated carbocycles. The summed E-state index contributed by atoms with van der Waals surface area (Å²) >= 11 is 0. The van der Waals surface area contributed by atoms with E-state index in [0.717, 1.165) is 49.5 Å². The molecule has 8 rings (SSSR count). The van der Waals surface area contributed by atoms with Crippen LogP contribution >= 0.6 is 0 Å². The Labute approximate surface area is 286 Å². The summed E-state index contributed by atoms with van der Waals surface area (Å²) in [6, 6.07) is 7.60. The topological polar surface area (TPSA) is 128 Å². The number of aliphatic hydroxyl groups is 3. The highest BCUT2D eigenvalue weighted by Crippen LogP contribution is 2.99. The van der Waals surface area contributed by atoms with Gasteiger partial charge in [-0.2, -0.15) is 0 Å². The number of benzene rings is 1. The summed E-state index contributed by atoms with van der Waals surface area (Å²) in [5, 5.41) is 36.9. The molecule has 7 fully saturated rings. The van der Waals surface area contributed by atoms with Gasteiger partial charge in [-0.15, -0.1) is 0 Å². The van der Waals surface area contributed by atoms with Gasteiger partial charge in [0.05, 0.1) is 30.3 Å². The van der Waals surface area contributed by atoms with E-state index >= 15 is 0 Å². The highest BCUT2D eigenvalue weighted by molar-refractivity contribution is 5.94. The maximum atomic E-state index is 14.4. The molecule has 1 heterocycles. The molecule has 0 bridgehead atoms. The van der Waals surface area contributed by atoms with Crippen molar-refractivity contribution in [1.82, 2.24) is 10.6 Å². The molecule has 1 aromatic carbocycles. The second-order valence-electron chi connectivity index (χ2n) is 17.9. The van der Waals surface area contributed by atoms with Crippen molar-refractivity contribution >= 4 is 11.8 Å². The highest BCUT2D eigenvalue weighted by Gasteiger charge is 2.93. The molecule has 12 atom stereocenters. The number of carbonyl (C=O) groups excluding carboxylic acids is 2. The number of ether oxygens (including phenoxy) is 1. The van der Waals surface area contributed by atoms with Gasteiger partial charge in [-0.25, -0.2) is 0 Å². The molecule has 1 aliphatic heterocycles. The predicted molar refractivity (Wildman–Crippen MR) is 182 cm³/mol. The Morgan fingerprint density at radius 1 is 0.979 bits per heavy atom. The lowest BCUT2D eigenvalue weighted by atomic mass is 9.51. The van der Waals surface area contributed by atoms with E-state index < -0.39 is 12.2 Å². The molecule has 6 aliphatic carbocycles. The average molecular weight is 663 g/mol. The van der Waals surface area contributed by atoms with Crippen LogP contribution in [0, 0.1) is 50.7 Å². The van der Waals surface area contributed by atoms with E-state index in [1.165, 1.54) is 38.5 Å². The van der Waals surface area contributed by atoms with Crippen LogP contribution in [-0.4, -0.2) is 71.2 Å². The maximum Gasteiger partial charge on any atom is 0.251 e. The minimum Gasteiger partial charge on any atom is -0.393 e. The van der Waals surface area contributed by atoms with Gasteiger partial charge in [0.1, 0.15) is 6.10 Å². The second kappa shape index (κ2) is 11.5. The van der Waals surface area contributed by atoms with Crippen LogP contribution in [0.3, 0.4) is 0 Å². The number of aliphatic hydroxyl groups excluding tert-OH is 3. The zero-order valence-electron chi connectivity index (χ0n) is 29.3. The maximum absolute atomic E-state index is 14.4.